The fraction of sp³-hybridized carbons (Fsp3) is 0.875. The largest absolute Gasteiger partial charge is 0.481 e. The van der Waals surface area contributed by atoms with Crippen molar-refractivity contribution >= 4 is 17.5 Å². The molecule has 28 heavy (non-hydrogen) atoms. The Labute approximate surface area is 170 Å². The number of hydrogen-bond donors (Lipinski definition) is 1. The number of carbonyl (C=O) groups is 3. The Kier molecular flexibility index (Phi) is 9.17. The van der Waals surface area contributed by atoms with Crippen LogP contribution in [0.5, 0.6) is 0 Å². The van der Waals surface area contributed by atoms with Gasteiger partial charge in [0.1, 0.15) is 11.6 Å². The van der Waals surface area contributed by atoms with Crippen LogP contribution in [-0.2, 0) is 14.4 Å². The Hall–Kier alpha value is -1.19. The van der Waals surface area contributed by atoms with Crippen LogP contribution in [0.4, 0.5) is 0 Å². The minimum absolute atomic E-state index is 0.0450. The molecule has 2 aliphatic rings. The summed E-state index contributed by atoms with van der Waals surface area (Å²) in [5.41, 5.74) is -0.517. The van der Waals surface area contributed by atoms with E-state index in [1.54, 1.807) is 6.92 Å². The summed E-state index contributed by atoms with van der Waals surface area (Å²) < 4.78 is 0. The summed E-state index contributed by atoms with van der Waals surface area (Å²) >= 11 is 0. The standard InChI is InChI=1S/C24H40O4/c1-20(25)23(15-8-9-16-23)14-6-2-4-12-21(26)13-5-3-7-17-24(22(27)28)18-10-11-19-24/h2-19H2,1H3,(H,27,28). The maximum absolute atomic E-state index is 12.1. The van der Waals surface area contributed by atoms with Gasteiger partial charge in [-0.3, -0.25) is 14.4 Å². The highest BCUT2D eigenvalue weighted by Crippen LogP contribution is 2.43. The van der Waals surface area contributed by atoms with Crippen molar-refractivity contribution in [2.24, 2.45) is 10.8 Å². The minimum atomic E-state index is -0.620. The predicted molar refractivity (Wildman–Crippen MR) is 111 cm³/mol. The van der Waals surface area contributed by atoms with E-state index in [0.29, 0.717) is 24.4 Å². The lowest BCUT2D eigenvalue weighted by Gasteiger charge is -2.25. The zero-order valence-electron chi connectivity index (χ0n) is 17.9. The third-order valence-corrected chi connectivity index (χ3v) is 7.54. The quantitative estimate of drug-likeness (QED) is 0.355. The highest BCUT2D eigenvalue weighted by atomic mass is 16.4. The third-order valence-electron chi connectivity index (χ3n) is 7.54. The number of carbonyl (C=O) groups excluding carboxylic acids is 2. The molecule has 4 nitrogen and oxygen atoms in total. The van der Waals surface area contributed by atoms with Gasteiger partial charge in [-0.2, -0.15) is 0 Å². The predicted octanol–water partition coefficient (Wildman–Crippen LogP) is 6.25. The van der Waals surface area contributed by atoms with Crippen LogP contribution in [0.1, 0.15) is 122 Å². The third kappa shape index (κ3) is 6.42. The molecule has 0 bridgehead atoms. The number of rotatable bonds is 14. The Morgan fingerprint density at radius 1 is 0.679 bits per heavy atom. The van der Waals surface area contributed by atoms with Crippen LogP contribution < -0.4 is 0 Å². The molecule has 4 heteroatoms. The van der Waals surface area contributed by atoms with Gasteiger partial charge in [-0.25, -0.2) is 0 Å². The van der Waals surface area contributed by atoms with Crippen LogP contribution in [0.3, 0.4) is 0 Å². The van der Waals surface area contributed by atoms with Crippen molar-refractivity contribution in [1.82, 2.24) is 0 Å². The van der Waals surface area contributed by atoms with Gasteiger partial charge in [0, 0.05) is 18.3 Å². The van der Waals surface area contributed by atoms with Crippen LogP contribution in [0, 0.1) is 10.8 Å². The van der Waals surface area contributed by atoms with Crippen LogP contribution in [0.15, 0.2) is 0 Å². The molecule has 2 saturated carbocycles. The zero-order chi connectivity index (χ0) is 20.5. The van der Waals surface area contributed by atoms with Crippen molar-refractivity contribution in [3.05, 3.63) is 0 Å². The molecule has 2 fully saturated rings. The van der Waals surface area contributed by atoms with Gasteiger partial charge in [-0.1, -0.05) is 51.4 Å². The van der Waals surface area contributed by atoms with Gasteiger partial charge >= 0.3 is 5.97 Å². The van der Waals surface area contributed by atoms with E-state index in [1.807, 2.05) is 0 Å². The Morgan fingerprint density at radius 3 is 1.54 bits per heavy atom. The average molecular weight is 393 g/mol. The molecule has 0 amide bonds. The molecule has 0 heterocycles. The smallest absolute Gasteiger partial charge is 0.309 e. The zero-order valence-corrected chi connectivity index (χ0v) is 17.9. The lowest BCUT2D eigenvalue weighted by molar-refractivity contribution is -0.149. The number of carboxylic acid groups (broad SMARTS) is 1. The highest BCUT2D eigenvalue weighted by molar-refractivity contribution is 5.82. The molecule has 0 unspecified atom stereocenters. The maximum atomic E-state index is 12.1. The lowest BCUT2D eigenvalue weighted by atomic mass is 9.77. The van der Waals surface area contributed by atoms with E-state index in [1.165, 1.54) is 12.8 Å². The average Bonchev–Trinajstić information content (AvgIpc) is 3.32. The first-order chi connectivity index (χ1) is 13.4. The summed E-state index contributed by atoms with van der Waals surface area (Å²) in [6, 6.07) is 0. The number of hydrogen-bond acceptors (Lipinski definition) is 3. The first kappa shape index (κ1) is 23.1. The SMILES string of the molecule is CC(=O)C1(CCCCCC(=O)CCCCCC2(C(=O)O)CCCC2)CCCC1. The molecule has 0 aromatic carbocycles. The molecule has 0 saturated heterocycles. The summed E-state index contributed by atoms with van der Waals surface area (Å²) in [4.78, 5) is 35.6. The van der Waals surface area contributed by atoms with Crippen LogP contribution in [-0.4, -0.2) is 22.6 Å². The number of unbranched alkanes of at least 4 members (excludes halogenated alkanes) is 4. The van der Waals surface area contributed by atoms with Gasteiger partial charge in [0.15, 0.2) is 0 Å². The normalized spacial score (nSPS) is 20.3. The summed E-state index contributed by atoms with van der Waals surface area (Å²) in [5, 5.41) is 9.49. The second kappa shape index (κ2) is 11.1. The van der Waals surface area contributed by atoms with E-state index in [4.69, 9.17) is 0 Å². The number of Topliss-reactive ketones (excluding diaryl/α,β-unsaturated/α-hetero) is 2. The van der Waals surface area contributed by atoms with Crippen molar-refractivity contribution in [2.45, 2.75) is 122 Å². The molecule has 0 aromatic heterocycles. The van der Waals surface area contributed by atoms with Crippen molar-refractivity contribution in [3.63, 3.8) is 0 Å². The molecule has 2 aliphatic carbocycles. The number of ketones is 2. The van der Waals surface area contributed by atoms with Crippen molar-refractivity contribution in [2.75, 3.05) is 0 Å². The Balaban J connectivity index is 1.50. The molecule has 0 radical (unpaired) electrons. The van der Waals surface area contributed by atoms with Gasteiger partial charge in [0.2, 0.25) is 0 Å². The van der Waals surface area contributed by atoms with E-state index in [9.17, 15) is 19.5 Å². The topological polar surface area (TPSA) is 71.4 Å². The van der Waals surface area contributed by atoms with Gasteiger partial charge in [-0.05, 0) is 58.3 Å². The molecular formula is C24H40O4. The van der Waals surface area contributed by atoms with Gasteiger partial charge in [0.25, 0.3) is 0 Å². The first-order valence-corrected chi connectivity index (χ1v) is 11.7. The van der Waals surface area contributed by atoms with Crippen LogP contribution >= 0.6 is 0 Å². The van der Waals surface area contributed by atoms with Gasteiger partial charge in [0.05, 0.1) is 5.41 Å². The fourth-order valence-electron chi connectivity index (χ4n) is 5.50. The maximum Gasteiger partial charge on any atom is 0.309 e. The molecular weight excluding hydrogens is 352 g/mol. The molecule has 1 N–H and O–H groups in total. The summed E-state index contributed by atoms with van der Waals surface area (Å²) in [6.45, 7) is 1.75. The van der Waals surface area contributed by atoms with E-state index in [-0.39, 0.29) is 5.41 Å². The monoisotopic (exact) mass is 392 g/mol. The van der Waals surface area contributed by atoms with E-state index in [0.717, 1.165) is 89.9 Å². The molecule has 0 atom stereocenters. The molecule has 0 aromatic rings. The van der Waals surface area contributed by atoms with E-state index in [2.05, 4.69) is 0 Å². The second-order valence-corrected chi connectivity index (χ2v) is 9.50. The summed E-state index contributed by atoms with van der Waals surface area (Å²) in [6.07, 6.45) is 17.1. The van der Waals surface area contributed by atoms with Gasteiger partial charge in [-0.15, -0.1) is 0 Å². The lowest BCUT2D eigenvalue weighted by Crippen LogP contribution is -2.27. The Bertz CT molecular complexity index is 479. The summed E-state index contributed by atoms with van der Waals surface area (Å²) in [7, 11) is 0. The number of aliphatic carboxylic acids is 1. The van der Waals surface area contributed by atoms with Crippen LogP contribution in [0.2, 0.25) is 0 Å². The van der Waals surface area contributed by atoms with Gasteiger partial charge < -0.3 is 5.11 Å². The first-order valence-electron chi connectivity index (χ1n) is 11.7. The highest BCUT2D eigenvalue weighted by Gasteiger charge is 2.40. The van der Waals surface area contributed by atoms with Crippen LogP contribution in [0.25, 0.3) is 0 Å². The minimum Gasteiger partial charge on any atom is -0.481 e. The van der Waals surface area contributed by atoms with E-state index < -0.39 is 11.4 Å². The molecule has 0 spiro atoms. The summed E-state index contributed by atoms with van der Waals surface area (Å²) in [5.74, 6) is 0.0875. The molecule has 0 aliphatic heterocycles. The van der Waals surface area contributed by atoms with Crippen molar-refractivity contribution in [1.29, 1.82) is 0 Å². The van der Waals surface area contributed by atoms with Crippen molar-refractivity contribution in [3.8, 4) is 0 Å². The molecule has 2 rings (SSSR count). The van der Waals surface area contributed by atoms with E-state index >= 15 is 0 Å². The van der Waals surface area contributed by atoms with Crippen molar-refractivity contribution < 1.29 is 19.5 Å². The molecule has 160 valence electrons. The number of carboxylic acids is 1. The second-order valence-electron chi connectivity index (χ2n) is 9.50. The fourth-order valence-corrected chi connectivity index (χ4v) is 5.50. The Morgan fingerprint density at radius 2 is 1.11 bits per heavy atom.